The number of aromatic nitrogens is 3. The molecule has 4 rings (SSSR count). The number of thioether (sulfide) groups is 1. The second kappa shape index (κ2) is 10.1. The van der Waals surface area contributed by atoms with Crippen LogP contribution in [0.4, 0.5) is 0 Å². The van der Waals surface area contributed by atoms with Gasteiger partial charge in [-0.05, 0) is 55.4 Å². The number of nitrogens with zero attached hydrogens (tertiary/aromatic N) is 3. The quantitative estimate of drug-likeness (QED) is 0.193. The Morgan fingerprint density at radius 1 is 1.03 bits per heavy atom. The van der Waals surface area contributed by atoms with Crippen LogP contribution in [0.25, 0.3) is 17.1 Å². The topological polar surface area (TPSA) is 97.1 Å². The standard InChI is InChI=1S/C25H23N5O2S/c1-17-3-9-20(10-4-17)24-28-29-25(30(24)21-11-5-18(2)6-12-21)33-16-23(32)27-26-15-19-7-13-22(31)14-8-19/h3-15H,16H2,1-2H3,(H2,26,27,31,32). The summed E-state index contributed by atoms with van der Waals surface area (Å²) in [6.07, 6.45) is 1.50. The van der Waals surface area contributed by atoms with Crippen LogP contribution in [0, 0.1) is 13.8 Å². The minimum atomic E-state index is -0.257. The van der Waals surface area contributed by atoms with Crippen LogP contribution in [-0.2, 0) is 4.79 Å². The Hall–Kier alpha value is -3.91. The molecule has 1 amide bonds. The number of carbonyl (C=O) groups is 1. The molecular weight excluding hydrogens is 434 g/mol. The molecule has 166 valence electrons. The smallest absolute Gasteiger partial charge is 0.342 e. The number of nitrogens with one attached hydrogen (secondary N) is 2. The molecule has 0 bridgehead atoms. The largest absolute Gasteiger partial charge is 0.872 e. The summed E-state index contributed by atoms with van der Waals surface area (Å²) in [5.41, 5.74) is 7.53. The number of rotatable bonds is 7. The van der Waals surface area contributed by atoms with E-state index in [9.17, 15) is 9.90 Å². The molecule has 2 N–H and O–H groups in total. The number of H-pyrrole nitrogens is 1. The predicted molar refractivity (Wildman–Crippen MR) is 127 cm³/mol. The van der Waals surface area contributed by atoms with Crippen molar-refractivity contribution in [2.45, 2.75) is 19.0 Å². The number of aromatic amines is 1. The number of amides is 1. The summed E-state index contributed by atoms with van der Waals surface area (Å²) in [7, 11) is 0. The zero-order chi connectivity index (χ0) is 23.2. The summed E-state index contributed by atoms with van der Waals surface area (Å²) in [5, 5.41) is 23.4. The molecule has 0 aliphatic carbocycles. The Kier molecular flexibility index (Phi) is 6.85. The highest BCUT2D eigenvalue weighted by molar-refractivity contribution is 7.99. The lowest BCUT2D eigenvalue weighted by atomic mass is 10.1. The van der Waals surface area contributed by atoms with Gasteiger partial charge in [0, 0.05) is 0 Å². The first-order chi connectivity index (χ1) is 16.0. The second-order valence-corrected chi connectivity index (χ2v) is 8.49. The van der Waals surface area contributed by atoms with Crippen molar-refractivity contribution >= 4 is 23.9 Å². The van der Waals surface area contributed by atoms with Gasteiger partial charge in [0.05, 0.1) is 22.6 Å². The molecule has 0 spiro atoms. The van der Waals surface area contributed by atoms with Gasteiger partial charge in [-0.2, -0.15) is 9.67 Å². The van der Waals surface area contributed by atoms with E-state index in [1.165, 1.54) is 35.7 Å². The van der Waals surface area contributed by atoms with E-state index in [1.807, 2.05) is 54.8 Å². The van der Waals surface area contributed by atoms with E-state index in [2.05, 4.69) is 32.9 Å². The average Bonchev–Trinajstić information content (AvgIpc) is 3.24. The monoisotopic (exact) mass is 457 g/mol. The maximum Gasteiger partial charge on any atom is 0.342 e. The summed E-state index contributed by atoms with van der Waals surface area (Å²) in [6.45, 7) is 4.09. The number of hydrazone groups is 1. The summed E-state index contributed by atoms with van der Waals surface area (Å²) in [6, 6.07) is 22.5. The van der Waals surface area contributed by atoms with Crippen molar-refractivity contribution in [2.75, 3.05) is 5.75 Å². The first-order valence-corrected chi connectivity index (χ1v) is 11.3. The predicted octanol–water partition coefficient (Wildman–Crippen LogP) is 3.29. The van der Waals surface area contributed by atoms with Gasteiger partial charge in [-0.3, -0.25) is 4.79 Å². The lowest BCUT2D eigenvalue weighted by Crippen LogP contribution is -2.34. The van der Waals surface area contributed by atoms with E-state index in [1.54, 1.807) is 12.1 Å². The molecule has 0 fully saturated rings. The van der Waals surface area contributed by atoms with Crippen molar-refractivity contribution in [3.05, 3.63) is 89.5 Å². The highest BCUT2D eigenvalue weighted by Gasteiger charge is 2.24. The Labute approximate surface area is 196 Å². The van der Waals surface area contributed by atoms with E-state index >= 15 is 0 Å². The Morgan fingerprint density at radius 2 is 1.67 bits per heavy atom. The van der Waals surface area contributed by atoms with Gasteiger partial charge in [0.15, 0.2) is 0 Å². The SMILES string of the molecule is Cc1ccc(-c2[nH]nc(SCC(=O)NN=Cc3ccc([O-])cc3)[n+]2-c2ccc(C)cc2)cc1. The van der Waals surface area contributed by atoms with Crippen molar-refractivity contribution in [1.29, 1.82) is 0 Å². The first kappa shape index (κ1) is 22.3. The van der Waals surface area contributed by atoms with Gasteiger partial charge < -0.3 is 5.11 Å². The summed E-state index contributed by atoms with van der Waals surface area (Å²) < 4.78 is 2.01. The Balaban J connectivity index is 1.51. The number of aryl methyl sites for hydroxylation is 2. The van der Waals surface area contributed by atoms with Gasteiger partial charge in [0.2, 0.25) is 0 Å². The van der Waals surface area contributed by atoms with E-state index in [0.29, 0.717) is 5.16 Å². The molecular formula is C25H23N5O2S. The third kappa shape index (κ3) is 5.67. The normalized spacial score (nSPS) is 11.1. The minimum Gasteiger partial charge on any atom is -0.872 e. The summed E-state index contributed by atoms with van der Waals surface area (Å²) >= 11 is 1.31. The van der Waals surface area contributed by atoms with Gasteiger partial charge >= 0.3 is 5.16 Å². The molecule has 8 heteroatoms. The van der Waals surface area contributed by atoms with Crippen molar-refractivity contribution < 1.29 is 14.5 Å². The lowest BCUT2D eigenvalue weighted by molar-refractivity contribution is -0.625. The molecule has 7 nitrogen and oxygen atoms in total. The van der Waals surface area contributed by atoms with Crippen molar-refractivity contribution in [3.63, 3.8) is 0 Å². The number of hydrogen-bond acceptors (Lipinski definition) is 5. The van der Waals surface area contributed by atoms with Crippen LogP contribution >= 0.6 is 11.8 Å². The fraction of sp³-hybridized carbons (Fsp3) is 0.120. The molecule has 0 saturated heterocycles. The number of benzene rings is 3. The molecule has 1 aromatic heterocycles. The average molecular weight is 458 g/mol. The van der Waals surface area contributed by atoms with Crippen molar-refractivity contribution in [3.8, 4) is 22.8 Å². The van der Waals surface area contributed by atoms with E-state index in [4.69, 9.17) is 0 Å². The zero-order valence-electron chi connectivity index (χ0n) is 18.3. The summed E-state index contributed by atoms with van der Waals surface area (Å²) in [4.78, 5) is 12.3. The highest BCUT2D eigenvalue weighted by atomic mass is 32.2. The highest BCUT2D eigenvalue weighted by Crippen LogP contribution is 2.21. The van der Waals surface area contributed by atoms with Crippen LogP contribution in [-0.4, -0.2) is 28.1 Å². The molecule has 1 heterocycles. The fourth-order valence-electron chi connectivity index (χ4n) is 3.13. The van der Waals surface area contributed by atoms with E-state index in [-0.39, 0.29) is 17.4 Å². The molecule has 0 aliphatic rings. The second-order valence-electron chi connectivity index (χ2n) is 7.54. The Bertz CT molecular complexity index is 1260. The molecule has 0 atom stereocenters. The zero-order valence-corrected chi connectivity index (χ0v) is 19.1. The summed E-state index contributed by atoms with van der Waals surface area (Å²) in [5.74, 6) is 0.646. The van der Waals surface area contributed by atoms with Crippen molar-refractivity contribution in [2.24, 2.45) is 5.10 Å². The van der Waals surface area contributed by atoms with Gasteiger partial charge in [-0.25, -0.2) is 5.43 Å². The maximum absolute atomic E-state index is 12.3. The molecule has 33 heavy (non-hydrogen) atoms. The first-order valence-electron chi connectivity index (χ1n) is 10.4. The molecule has 0 unspecified atom stereocenters. The van der Waals surface area contributed by atoms with Crippen LogP contribution in [0.5, 0.6) is 5.75 Å². The van der Waals surface area contributed by atoms with Gasteiger partial charge in [-0.1, -0.05) is 59.7 Å². The molecule has 0 aliphatic heterocycles. The molecule has 3 aromatic carbocycles. The van der Waals surface area contributed by atoms with Crippen LogP contribution in [0.15, 0.2) is 83.1 Å². The minimum absolute atomic E-state index is 0.0709. The Morgan fingerprint density at radius 3 is 2.33 bits per heavy atom. The molecule has 0 saturated carbocycles. The van der Waals surface area contributed by atoms with Crippen LogP contribution in [0.2, 0.25) is 0 Å². The van der Waals surface area contributed by atoms with E-state index < -0.39 is 0 Å². The van der Waals surface area contributed by atoms with Crippen LogP contribution in [0.1, 0.15) is 16.7 Å². The number of hydrogen-bond donors (Lipinski definition) is 2. The van der Waals surface area contributed by atoms with Gasteiger partial charge in [0.1, 0.15) is 5.69 Å². The van der Waals surface area contributed by atoms with Crippen LogP contribution in [0.3, 0.4) is 0 Å². The third-order valence-corrected chi connectivity index (χ3v) is 5.84. The fourth-order valence-corrected chi connectivity index (χ4v) is 3.89. The van der Waals surface area contributed by atoms with Gasteiger partial charge in [0.25, 0.3) is 11.7 Å². The number of carbonyl (C=O) groups excluding carboxylic acids is 1. The lowest BCUT2D eigenvalue weighted by Gasteiger charge is -2.05. The van der Waals surface area contributed by atoms with Crippen molar-refractivity contribution in [1.82, 2.24) is 15.6 Å². The molecule has 0 radical (unpaired) electrons. The third-order valence-electron chi connectivity index (χ3n) is 4.90. The van der Waals surface area contributed by atoms with Crippen LogP contribution < -0.4 is 15.1 Å². The molecule has 4 aromatic rings. The van der Waals surface area contributed by atoms with E-state index in [0.717, 1.165) is 28.2 Å². The maximum atomic E-state index is 12.3. The van der Waals surface area contributed by atoms with Gasteiger partial charge in [-0.15, -0.1) is 10.8 Å².